The van der Waals surface area contributed by atoms with E-state index in [1.807, 2.05) is 11.4 Å². The zero-order valence-electron chi connectivity index (χ0n) is 16.3. The van der Waals surface area contributed by atoms with E-state index in [-0.39, 0.29) is 18.0 Å². The van der Waals surface area contributed by atoms with E-state index in [0.29, 0.717) is 17.2 Å². The van der Waals surface area contributed by atoms with Crippen LogP contribution in [0.25, 0.3) is 10.2 Å². The number of thiophene rings is 1. The molecule has 6 nitrogen and oxygen atoms in total. The van der Waals surface area contributed by atoms with Crippen molar-refractivity contribution in [3.8, 4) is 0 Å². The van der Waals surface area contributed by atoms with Crippen molar-refractivity contribution in [2.75, 3.05) is 24.5 Å². The van der Waals surface area contributed by atoms with Gasteiger partial charge in [-0.2, -0.15) is 0 Å². The summed E-state index contributed by atoms with van der Waals surface area (Å²) in [5.41, 5.74) is 2.07. The van der Waals surface area contributed by atoms with Crippen molar-refractivity contribution in [2.45, 2.75) is 57.9 Å². The molecular weight excluding hydrogens is 372 g/mol. The van der Waals surface area contributed by atoms with Crippen molar-refractivity contribution in [2.24, 2.45) is 0 Å². The number of hydrogen-bond donors (Lipinski definition) is 1. The van der Waals surface area contributed by atoms with Crippen LogP contribution in [0.1, 0.15) is 51.4 Å². The Hall–Kier alpha value is -2.15. The molecule has 1 saturated heterocycles. The molecule has 0 unspecified atom stereocenters. The van der Waals surface area contributed by atoms with Gasteiger partial charge in [0.05, 0.1) is 5.52 Å². The fraction of sp³-hybridized carbons (Fsp3) is 0.571. The highest BCUT2D eigenvalue weighted by Crippen LogP contribution is 2.22. The minimum Gasteiger partial charge on any atom is -0.354 e. The molecule has 0 bridgehead atoms. The Labute approximate surface area is 169 Å². The van der Waals surface area contributed by atoms with Gasteiger partial charge in [0, 0.05) is 19.6 Å². The van der Waals surface area contributed by atoms with Crippen LogP contribution in [0.5, 0.6) is 0 Å². The highest BCUT2D eigenvalue weighted by Gasteiger charge is 2.21. The van der Waals surface area contributed by atoms with Crippen molar-refractivity contribution in [3.05, 3.63) is 33.4 Å². The number of fused-ring (bicyclic) bond motifs is 1. The maximum atomic E-state index is 13.0. The van der Waals surface area contributed by atoms with E-state index in [0.717, 1.165) is 50.7 Å². The molecule has 28 heavy (non-hydrogen) atoms. The van der Waals surface area contributed by atoms with Crippen molar-refractivity contribution >= 4 is 33.4 Å². The maximum absolute atomic E-state index is 13.0. The molecule has 0 radical (unpaired) electrons. The summed E-state index contributed by atoms with van der Waals surface area (Å²) >= 11 is 1.39. The van der Waals surface area contributed by atoms with E-state index in [1.54, 1.807) is 4.57 Å². The van der Waals surface area contributed by atoms with Crippen LogP contribution in [-0.4, -0.2) is 35.1 Å². The number of hydrogen-bond acceptors (Lipinski definition) is 5. The molecule has 0 aromatic carbocycles. The van der Waals surface area contributed by atoms with E-state index in [9.17, 15) is 9.59 Å². The molecule has 1 fully saturated rings. The molecule has 3 heterocycles. The molecule has 150 valence electrons. The molecule has 1 aliphatic heterocycles. The van der Waals surface area contributed by atoms with E-state index in [4.69, 9.17) is 4.98 Å². The Kier molecular flexibility index (Phi) is 6.10. The second kappa shape index (κ2) is 8.90. The minimum atomic E-state index is -0.116. The van der Waals surface area contributed by atoms with Gasteiger partial charge in [0.25, 0.3) is 5.56 Å². The lowest BCUT2D eigenvalue weighted by atomic mass is 9.97. The Bertz CT molecular complexity index is 924. The predicted octanol–water partition coefficient (Wildman–Crippen LogP) is 3.46. The summed E-state index contributed by atoms with van der Waals surface area (Å²) in [5, 5.41) is 4.89. The molecule has 2 aliphatic rings. The summed E-state index contributed by atoms with van der Waals surface area (Å²) in [5.74, 6) is 0.523. The Morgan fingerprint density at radius 1 is 1.18 bits per heavy atom. The molecule has 0 saturated carbocycles. The van der Waals surface area contributed by atoms with Gasteiger partial charge in [0.1, 0.15) is 11.2 Å². The normalized spacial score (nSPS) is 17.6. The second-order valence-corrected chi connectivity index (χ2v) is 8.61. The van der Waals surface area contributed by atoms with Gasteiger partial charge in [0.15, 0.2) is 0 Å². The van der Waals surface area contributed by atoms with Crippen molar-refractivity contribution in [3.63, 3.8) is 0 Å². The van der Waals surface area contributed by atoms with E-state index < -0.39 is 0 Å². The van der Waals surface area contributed by atoms with Gasteiger partial charge in [-0.1, -0.05) is 11.6 Å². The fourth-order valence-electron chi connectivity index (χ4n) is 4.10. The minimum absolute atomic E-state index is 0.0323. The number of carbonyl (C=O) groups is 1. The zero-order valence-corrected chi connectivity index (χ0v) is 17.1. The molecule has 2 aromatic heterocycles. The van der Waals surface area contributed by atoms with Crippen LogP contribution in [0.3, 0.4) is 0 Å². The number of allylic oxidation sites excluding steroid dienone is 1. The van der Waals surface area contributed by atoms with E-state index in [1.165, 1.54) is 36.2 Å². The topological polar surface area (TPSA) is 67.2 Å². The monoisotopic (exact) mass is 400 g/mol. The number of amides is 1. The van der Waals surface area contributed by atoms with Gasteiger partial charge in [-0.25, -0.2) is 4.98 Å². The first kappa shape index (κ1) is 19.2. The third-order valence-electron chi connectivity index (χ3n) is 5.64. The molecule has 0 spiro atoms. The lowest BCUT2D eigenvalue weighted by molar-refractivity contribution is -0.121. The molecule has 0 atom stereocenters. The maximum Gasteiger partial charge on any atom is 0.273 e. The van der Waals surface area contributed by atoms with Gasteiger partial charge in [0.2, 0.25) is 11.9 Å². The summed E-state index contributed by atoms with van der Waals surface area (Å²) in [6.45, 7) is 2.44. The standard InChI is InChI=1S/C21H28N4O2S/c26-18(22-11-9-16-7-3-1-4-8-16)15-25-20(27)19-17(10-14-28-19)23-21(25)24-12-5-2-6-13-24/h7,10,14H,1-6,8-9,11-13,15H2,(H,22,26). The molecule has 4 rings (SSSR count). The summed E-state index contributed by atoms with van der Waals surface area (Å²) < 4.78 is 2.19. The number of piperidine rings is 1. The van der Waals surface area contributed by atoms with Crippen molar-refractivity contribution in [1.29, 1.82) is 0 Å². The van der Waals surface area contributed by atoms with Crippen LogP contribution < -0.4 is 15.8 Å². The fourth-order valence-corrected chi connectivity index (χ4v) is 4.88. The predicted molar refractivity (Wildman–Crippen MR) is 114 cm³/mol. The third kappa shape index (κ3) is 4.29. The average Bonchev–Trinajstić information content (AvgIpc) is 3.20. The molecule has 2 aromatic rings. The Morgan fingerprint density at radius 2 is 2.04 bits per heavy atom. The zero-order chi connectivity index (χ0) is 19.3. The number of carbonyl (C=O) groups excluding carboxylic acids is 1. The summed E-state index contributed by atoms with van der Waals surface area (Å²) in [6.07, 6.45) is 11.4. The lowest BCUT2D eigenvalue weighted by Gasteiger charge is -2.29. The quantitative estimate of drug-likeness (QED) is 0.754. The molecule has 1 aliphatic carbocycles. The number of nitrogens with zero attached hydrogens (tertiary/aromatic N) is 3. The summed E-state index contributed by atoms with van der Waals surface area (Å²) in [7, 11) is 0. The van der Waals surface area contributed by atoms with Crippen LogP contribution in [0.2, 0.25) is 0 Å². The largest absolute Gasteiger partial charge is 0.354 e. The first-order chi connectivity index (χ1) is 13.7. The van der Waals surface area contributed by atoms with Crippen LogP contribution in [0, 0.1) is 0 Å². The van der Waals surface area contributed by atoms with Crippen LogP contribution >= 0.6 is 11.3 Å². The highest BCUT2D eigenvalue weighted by atomic mass is 32.1. The number of nitrogens with one attached hydrogen (secondary N) is 1. The Balaban J connectivity index is 1.49. The van der Waals surface area contributed by atoms with Gasteiger partial charge in [-0.15, -0.1) is 11.3 Å². The number of anilines is 1. The average molecular weight is 401 g/mol. The SMILES string of the molecule is O=C(Cn1c(N2CCCCC2)nc2ccsc2c1=O)NCCC1=CCCCC1. The van der Waals surface area contributed by atoms with Gasteiger partial charge >= 0.3 is 0 Å². The van der Waals surface area contributed by atoms with E-state index >= 15 is 0 Å². The smallest absolute Gasteiger partial charge is 0.273 e. The first-order valence-corrected chi connectivity index (χ1v) is 11.3. The lowest BCUT2D eigenvalue weighted by Crippen LogP contribution is -2.39. The van der Waals surface area contributed by atoms with Crippen LogP contribution in [0.4, 0.5) is 5.95 Å². The number of rotatable bonds is 6. The molecule has 7 heteroatoms. The first-order valence-electron chi connectivity index (χ1n) is 10.4. The van der Waals surface area contributed by atoms with E-state index in [2.05, 4.69) is 16.3 Å². The molecule has 1 amide bonds. The van der Waals surface area contributed by atoms with Gasteiger partial charge in [-0.3, -0.25) is 14.2 Å². The third-order valence-corrected chi connectivity index (χ3v) is 6.53. The Morgan fingerprint density at radius 3 is 2.82 bits per heavy atom. The second-order valence-electron chi connectivity index (χ2n) is 7.69. The van der Waals surface area contributed by atoms with Crippen LogP contribution in [-0.2, 0) is 11.3 Å². The van der Waals surface area contributed by atoms with Gasteiger partial charge < -0.3 is 10.2 Å². The molecular formula is C21H28N4O2S. The van der Waals surface area contributed by atoms with Crippen LogP contribution in [0.15, 0.2) is 27.9 Å². The summed E-state index contributed by atoms with van der Waals surface area (Å²) in [6, 6.07) is 1.89. The van der Waals surface area contributed by atoms with Crippen molar-refractivity contribution in [1.82, 2.24) is 14.9 Å². The van der Waals surface area contributed by atoms with Gasteiger partial charge in [-0.05, 0) is 62.8 Å². The molecule has 1 N–H and O–H groups in total. The van der Waals surface area contributed by atoms with Crippen molar-refractivity contribution < 1.29 is 4.79 Å². The summed E-state index contributed by atoms with van der Waals surface area (Å²) in [4.78, 5) is 32.5. The number of aromatic nitrogens is 2. The highest BCUT2D eigenvalue weighted by molar-refractivity contribution is 7.17.